The predicted octanol–water partition coefficient (Wildman–Crippen LogP) is 2.81. The van der Waals surface area contributed by atoms with Gasteiger partial charge in [-0.25, -0.2) is 12.8 Å². The molecule has 0 radical (unpaired) electrons. The summed E-state index contributed by atoms with van der Waals surface area (Å²) in [5.41, 5.74) is 1.57. The Labute approximate surface area is 142 Å². The summed E-state index contributed by atoms with van der Waals surface area (Å²) in [7, 11) is -3.71. The zero-order valence-corrected chi connectivity index (χ0v) is 14.0. The second-order valence-corrected chi connectivity index (χ2v) is 7.04. The Morgan fingerprint density at radius 3 is 2.25 bits per heavy atom. The second kappa shape index (κ2) is 7.79. The van der Waals surface area contributed by atoms with E-state index in [1.165, 1.54) is 24.3 Å². The SMILES string of the molecule is C#CCN(CC#Cc1ccc(F)cc1)S(=O)(=O)c1ccc(C)cc1. The molecule has 5 heteroatoms. The third-order valence-corrected chi connectivity index (χ3v) is 5.06. The number of sulfonamides is 1. The van der Waals surface area contributed by atoms with Gasteiger partial charge in [0.25, 0.3) is 0 Å². The summed E-state index contributed by atoms with van der Waals surface area (Å²) in [5.74, 6) is 7.56. The van der Waals surface area contributed by atoms with E-state index in [9.17, 15) is 12.8 Å². The Balaban J connectivity index is 2.22. The van der Waals surface area contributed by atoms with Crippen LogP contribution >= 0.6 is 0 Å². The summed E-state index contributed by atoms with van der Waals surface area (Å²) >= 11 is 0. The lowest BCUT2D eigenvalue weighted by Crippen LogP contribution is -2.31. The Hall–Kier alpha value is -2.60. The molecule has 0 saturated carbocycles. The molecule has 0 aliphatic carbocycles. The molecule has 2 aromatic carbocycles. The third kappa shape index (κ3) is 4.45. The van der Waals surface area contributed by atoms with Crippen LogP contribution in [0.15, 0.2) is 53.4 Å². The van der Waals surface area contributed by atoms with Crippen molar-refractivity contribution in [1.82, 2.24) is 4.31 Å². The maximum absolute atomic E-state index is 12.9. The number of halogens is 1. The highest BCUT2D eigenvalue weighted by molar-refractivity contribution is 7.89. The molecule has 0 unspecified atom stereocenters. The number of rotatable bonds is 4. The maximum atomic E-state index is 12.9. The topological polar surface area (TPSA) is 37.4 Å². The molecule has 0 aliphatic heterocycles. The van der Waals surface area contributed by atoms with Gasteiger partial charge in [-0.05, 0) is 43.3 Å². The first kappa shape index (κ1) is 17.7. The quantitative estimate of drug-likeness (QED) is 0.802. The van der Waals surface area contributed by atoms with Crippen molar-refractivity contribution in [1.29, 1.82) is 0 Å². The molecule has 0 spiro atoms. The van der Waals surface area contributed by atoms with Gasteiger partial charge >= 0.3 is 0 Å². The molecule has 24 heavy (non-hydrogen) atoms. The largest absolute Gasteiger partial charge is 0.244 e. The lowest BCUT2D eigenvalue weighted by molar-refractivity contribution is 0.482. The molecule has 0 N–H and O–H groups in total. The molecular weight excluding hydrogens is 325 g/mol. The van der Waals surface area contributed by atoms with Gasteiger partial charge in [0.05, 0.1) is 18.0 Å². The average molecular weight is 341 g/mol. The van der Waals surface area contributed by atoms with E-state index < -0.39 is 10.0 Å². The molecule has 0 saturated heterocycles. The average Bonchev–Trinajstić information content (AvgIpc) is 2.56. The number of aryl methyl sites for hydroxylation is 1. The molecule has 122 valence electrons. The molecule has 0 aromatic heterocycles. The zero-order valence-electron chi connectivity index (χ0n) is 13.2. The molecule has 0 aliphatic rings. The minimum Gasteiger partial charge on any atom is -0.207 e. The molecule has 0 amide bonds. The van der Waals surface area contributed by atoms with Crippen LogP contribution in [0.4, 0.5) is 4.39 Å². The van der Waals surface area contributed by atoms with Crippen LogP contribution in [0.5, 0.6) is 0 Å². The van der Waals surface area contributed by atoms with Crippen LogP contribution in [-0.2, 0) is 10.0 Å². The molecule has 0 fully saturated rings. The fourth-order valence-corrected chi connectivity index (χ4v) is 3.21. The molecule has 3 nitrogen and oxygen atoms in total. The van der Waals surface area contributed by atoms with Crippen LogP contribution in [0.3, 0.4) is 0 Å². The van der Waals surface area contributed by atoms with Crippen molar-refractivity contribution in [3.8, 4) is 24.2 Å². The van der Waals surface area contributed by atoms with Gasteiger partial charge in [0.2, 0.25) is 10.0 Å². The molecule has 2 aromatic rings. The molecular formula is C19H16FNO2S. The van der Waals surface area contributed by atoms with Crippen molar-refractivity contribution in [2.75, 3.05) is 13.1 Å². The van der Waals surface area contributed by atoms with Crippen molar-refractivity contribution in [2.45, 2.75) is 11.8 Å². The van der Waals surface area contributed by atoms with E-state index in [1.807, 2.05) is 6.92 Å². The number of benzene rings is 2. The number of nitrogens with zero attached hydrogens (tertiary/aromatic N) is 1. The molecule has 0 heterocycles. The molecule has 0 atom stereocenters. The van der Waals surface area contributed by atoms with E-state index in [-0.39, 0.29) is 23.8 Å². The van der Waals surface area contributed by atoms with E-state index in [4.69, 9.17) is 6.42 Å². The van der Waals surface area contributed by atoms with Crippen LogP contribution < -0.4 is 0 Å². The minimum atomic E-state index is -3.71. The van der Waals surface area contributed by atoms with Crippen molar-refractivity contribution in [3.63, 3.8) is 0 Å². The first-order valence-corrected chi connectivity index (χ1v) is 8.62. The highest BCUT2D eigenvalue weighted by Gasteiger charge is 2.22. The third-order valence-electron chi connectivity index (χ3n) is 3.26. The summed E-state index contributed by atoms with van der Waals surface area (Å²) in [4.78, 5) is 0.173. The van der Waals surface area contributed by atoms with Gasteiger partial charge < -0.3 is 0 Å². The smallest absolute Gasteiger partial charge is 0.207 e. The summed E-state index contributed by atoms with van der Waals surface area (Å²) in [6.07, 6.45) is 5.28. The summed E-state index contributed by atoms with van der Waals surface area (Å²) < 4.78 is 39.3. The van der Waals surface area contributed by atoms with E-state index in [0.717, 1.165) is 9.87 Å². The maximum Gasteiger partial charge on any atom is 0.244 e. The summed E-state index contributed by atoms with van der Waals surface area (Å²) in [6, 6.07) is 12.2. The van der Waals surface area contributed by atoms with Crippen LogP contribution in [0.1, 0.15) is 11.1 Å². The number of hydrogen-bond donors (Lipinski definition) is 0. The monoisotopic (exact) mass is 341 g/mol. The second-order valence-electron chi connectivity index (χ2n) is 5.10. The van der Waals surface area contributed by atoms with Crippen LogP contribution in [0.25, 0.3) is 0 Å². The van der Waals surface area contributed by atoms with Gasteiger partial charge in [-0.1, -0.05) is 35.5 Å². The lowest BCUT2D eigenvalue weighted by atomic mass is 10.2. The van der Waals surface area contributed by atoms with Crippen LogP contribution in [-0.4, -0.2) is 25.8 Å². The first-order chi connectivity index (χ1) is 11.4. The fourth-order valence-electron chi connectivity index (χ4n) is 1.95. The van der Waals surface area contributed by atoms with E-state index >= 15 is 0 Å². The van der Waals surface area contributed by atoms with Gasteiger partial charge in [0.15, 0.2) is 0 Å². The van der Waals surface area contributed by atoms with Crippen LogP contribution in [0, 0.1) is 36.9 Å². The van der Waals surface area contributed by atoms with E-state index in [0.29, 0.717) is 5.56 Å². The van der Waals surface area contributed by atoms with Gasteiger partial charge in [0, 0.05) is 5.56 Å². The molecule has 0 bridgehead atoms. The van der Waals surface area contributed by atoms with Gasteiger partial charge in [-0.3, -0.25) is 0 Å². The predicted molar refractivity (Wildman–Crippen MR) is 92.0 cm³/mol. The highest BCUT2D eigenvalue weighted by atomic mass is 32.2. The summed E-state index contributed by atoms with van der Waals surface area (Å²) in [6.45, 7) is 1.76. The molecule has 2 rings (SSSR count). The minimum absolute atomic E-state index is 0.0439. The fraction of sp³-hybridized carbons (Fsp3) is 0.158. The Kier molecular flexibility index (Phi) is 5.76. The lowest BCUT2D eigenvalue weighted by Gasteiger charge is -2.17. The highest BCUT2D eigenvalue weighted by Crippen LogP contribution is 2.15. The Bertz CT molecular complexity index is 899. The van der Waals surface area contributed by atoms with Gasteiger partial charge in [0.1, 0.15) is 5.82 Å². The van der Waals surface area contributed by atoms with Gasteiger partial charge in [-0.15, -0.1) is 6.42 Å². The standard InChI is InChI=1S/C19H16FNO2S/c1-3-14-21(15-4-5-17-8-10-18(20)11-9-17)24(22,23)19-12-6-16(2)7-13-19/h1,6-13H,14-15H2,2H3. The first-order valence-electron chi connectivity index (χ1n) is 7.18. The van der Waals surface area contributed by atoms with E-state index in [1.54, 1.807) is 24.3 Å². The van der Waals surface area contributed by atoms with Crippen molar-refractivity contribution in [3.05, 3.63) is 65.5 Å². The van der Waals surface area contributed by atoms with Crippen molar-refractivity contribution < 1.29 is 12.8 Å². The number of terminal acetylenes is 1. The summed E-state index contributed by atoms with van der Waals surface area (Å²) in [5, 5.41) is 0. The Morgan fingerprint density at radius 1 is 1.04 bits per heavy atom. The van der Waals surface area contributed by atoms with Crippen LogP contribution in [0.2, 0.25) is 0 Å². The number of hydrogen-bond acceptors (Lipinski definition) is 2. The van der Waals surface area contributed by atoms with E-state index in [2.05, 4.69) is 17.8 Å². The van der Waals surface area contributed by atoms with Gasteiger partial charge in [-0.2, -0.15) is 4.31 Å². The van der Waals surface area contributed by atoms with Crippen molar-refractivity contribution in [2.24, 2.45) is 0 Å². The van der Waals surface area contributed by atoms with Crippen molar-refractivity contribution >= 4 is 10.0 Å². The normalized spacial score (nSPS) is 10.8. The zero-order chi connectivity index (χ0) is 17.6. The Morgan fingerprint density at radius 2 is 1.67 bits per heavy atom.